The molecular formula is C12H24N2O3S2. The average molecular weight is 308 g/mol. The molecule has 1 aliphatic heterocycles. The molecule has 112 valence electrons. The van der Waals surface area contributed by atoms with Gasteiger partial charge in [-0.2, -0.15) is 11.8 Å². The van der Waals surface area contributed by atoms with Crippen LogP contribution in [-0.4, -0.2) is 68.4 Å². The number of hydrogen-bond donors (Lipinski definition) is 1. The second-order valence-electron chi connectivity index (χ2n) is 5.10. The lowest BCUT2D eigenvalue weighted by atomic mass is 10.1. The maximum absolute atomic E-state index is 12.1. The molecule has 7 heteroatoms. The predicted molar refractivity (Wildman–Crippen MR) is 80.3 cm³/mol. The van der Waals surface area contributed by atoms with Gasteiger partial charge >= 0.3 is 0 Å². The highest BCUT2D eigenvalue weighted by molar-refractivity contribution is 7.98. The van der Waals surface area contributed by atoms with Gasteiger partial charge in [0, 0.05) is 32.1 Å². The quantitative estimate of drug-likeness (QED) is 0.767. The molecule has 1 aliphatic rings. The number of sulfone groups is 1. The zero-order valence-corrected chi connectivity index (χ0v) is 13.5. The summed E-state index contributed by atoms with van der Waals surface area (Å²) in [7, 11) is -1.18. The monoisotopic (exact) mass is 308 g/mol. The fourth-order valence-electron chi connectivity index (χ4n) is 2.08. The number of carbonyl (C=O) groups excluding carboxylic acids is 1. The molecule has 1 rings (SSSR count). The fraction of sp³-hybridized carbons (Fsp3) is 0.917. The minimum atomic E-state index is -2.97. The zero-order valence-electron chi connectivity index (χ0n) is 11.9. The Hall–Kier alpha value is -0.270. The number of nitrogens with one attached hydrogen (secondary N) is 1. The molecule has 1 heterocycles. The van der Waals surface area contributed by atoms with Gasteiger partial charge in [-0.15, -0.1) is 0 Å². The highest BCUT2D eigenvalue weighted by atomic mass is 32.2. The van der Waals surface area contributed by atoms with Crippen molar-refractivity contribution in [3.05, 3.63) is 0 Å². The molecule has 0 bridgehead atoms. The minimum absolute atomic E-state index is 0.0169. The van der Waals surface area contributed by atoms with Crippen LogP contribution in [0.3, 0.4) is 0 Å². The molecule has 5 nitrogen and oxygen atoms in total. The summed E-state index contributed by atoms with van der Waals surface area (Å²) in [4.78, 5) is 13.8. The van der Waals surface area contributed by atoms with Crippen molar-refractivity contribution in [1.82, 2.24) is 10.2 Å². The molecule has 0 aliphatic carbocycles. The Morgan fingerprint density at radius 3 is 2.79 bits per heavy atom. The maximum atomic E-state index is 12.1. The van der Waals surface area contributed by atoms with Crippen molar-refractivity contribution < 1.29 is 13.2 Å². The van der Waals surface area contributed by atoms with Crippen LogP contribution in [-0.2, 0) is 14.6 Å². The van der Waals surface area contributed by atoms with E-state index in [4.69, 9.17) is 0 Å². The van der Waals surface area contributed by atoms with E-state index >= 15 is 0 Å². The first-order chi connectivity index (χ1) is 8.85. The van der Waals surface area contributed by atoms with E-state index in [-0.39, 0.29) is 35.9 Å². The molecular weight excluding hydrogens is 284 g/mol. The van der Waals surface area contributed by atoms with Crippen molar-refractivity contribution >= 4 is 27.5 Å². The Labute approximate surface area is 120 Å². The van der Waals surface area contributed by atoms with E-state index < -0.39 is 9.84 Å². The van der Waals surface area contributed by atoms with E-state index in [1.807, 2.05) is 13.2 Å². The largest absolute Gasteiger partial charge is 0.343 e. The molecule has 1 fully saturated rings. The number of amides is 1. The molecule has 2 atom stereocenters. The Morgan fingerprint density at radius 1 is 1.53 bits per heavy atom. The Kier molecular flexibility index (Phi) is 6.62. The molecule has 1 saturated heterocycles. The van der Waals surface area contributed by atoms with E-state index in [1.54, 1.807) is 23.7 Å². The van der Waals surface area contributed by atoms with Crippen LogP contribution >= 0.6 is 11.8 Å². The van der Waals surface area contributed by atoms with Crippen molar-refractivity contribution in [2.45, 2.75) is 31.8 Å². The van der Waals surface area contributed by atoms with Gasteiger partial charge in [-0.1, -0.05) is 0 Å². The maximum Gasteiger partial charge on any atom is 0.224 e. The normalized spacial score (nSPS) is 23.8. The van der Waals surface area contributed by atoms with Crippen LogP contribution in [0.2, 0.25) is 0 Å². The van der Waals surface area contributed by atoms with Crippen LogP contribution in [0.4, 0.5) is 0 Å². The van der Waals surface area contributed by atoms with Crippen molar-refractivity contribution in [3.8, 4) is 0 Å². The van der Waals surface area contributed by atoms with Crippen LogP contribution in [0.5, 0.6) is 0 Å². The van der Waals surface area contributed by atoms with Crippen molar-refractivity contribution in [1.29, 1.82) is 0 Å². The first-order valence-corrected chi connectivity index (χ1v) is 9.75. The Bertz CT molecular complexity index is 398. The van der Waals surface area contributed by atoms with Gasteiger partial charge in [0.1, 0.15) is 0 Å². The van der Waals surface area contributed by atoms with Gasteiger partial charge in [-0.05, 0) is 25.4 Å². The summed E-state index contributed by atoms with van der Waals surface area (Å²) in [5, 5.41) is 3.11. The number of carbonyl (C=O) groups is 1. The van der Waals surface area contributed by atoms with E-state index in [0.29, 0.717) is 6.54 Å². The van der Waals surface area contributed by atoms with Crippen LogP contribution in [0.1, 0.15) is 19.8 Å². The van der Waals surface area contributed by atoms with Gasteiger partial charge in [0.2, 0.25) is 5.91 Å². The Morgan fingerprint density at radius 2 is 2.21 bits per heavy atom. The molecule has 0 aromatic rings. The van der Waals surface area contributed by atoms with Gasteiger partial charge in [0.15, 0.2) is 9.84 Å². The topological polar surface area (TPSA) is 66.5 Å². The van der Waals surface area contributed by atoms with Gasteiger partial charge in [-0.3, -0.25) is 4.79 Å². The molecule has 0 aromatic heterocycles. The van der Waals surface area contributed by atoms with Crippen molar-refractivity contribution in [3.63, 3.8) is 0 Å². The number of rotatable bonds is 6. The second kappa shape index (κ2) is 7.50. The van der Waals surface area contributed by atoms with E-state index in [9.17, 15) is 13.2 Å². The predicted octanol–water partition coefficient (Wildman–Crippen LogP) is 0.363. The van der Waals surface area contributed by atoms with Gasteiger partial charge in [0.25, 0.3) is 0 Å². The summed E-state index contributed by atoms with van der Waals surface area (Å²) >= 11 is 1.76. The van der Waals surface area contributed by atoms with E-state index in [0.717, 1.165) is 12.2 Å². The lowest BCUT2D eigenvalue weighted by Gasteiger charge is -2.28. The smallest absolute Gasteiger partial charge is 0.224 e. The molecule has 0 spiro atoms. The number of thioether (sulfide) groups is 1. The second-order valence-corrected chi connectivity index (χ2v) is 8.32. The SMILES string of the molecule is CSCCC(C)N(C)C(=O)CC1CS(=O)(=O)CCN1. The average Bonchev–Trinajstić information content (AvgIpc) is 2.33. The van der Waals surface area contributed by atoms with Crippen LogP contribution < -0.4 is 5.32 Å². The fourth-order valence-corrected chi connectivity index (χ4v) is 4.10. The highest BCUT2D eigenvalue weighted by Crippen LogP contribution is 2.11. The van der Waals surface area contributed by atoms with Gasteiger partial charge in [-0.25, -0.2) is 8.42 Å². The highest BCUT2D eigenvalue weighted by Gasteiger charge is 2.27. The first-order valence-electron chi connectivity index (χ1n) is 6.54. The molecule has 1 amide bonds. The third kappa shape index (κ3) is 5.71. The van der Waals surface area contributed by atoms with Gasteiger partial charge in [0.05, 0.1) is 11.5 Å². The third-order valence-electron chi connectivity index (χ3n) is 3.52. The summed E-state index contributed by atoms with van der Waals surface area (Å²) in [5.41, 5.74) is 0. The minimum Gasteiger partial charge on any atom is -0.343 e. The molecule has 19 heavy (non-hydrogen) atoms. The first kappa shape index (κ1) is 16.8. The van der Waals surface area contributed by atoms with E-state index in [1.165, 1.54) is 0 Å². The summed E-state index contributed by atoms with van der Waals surface area (Å²) < 4.78 is 23.0. The molecule has 2 unspecified atom stereocenters. The summed E-state index contributed by atoms with van der Waals surface area (Å²) in [6, 6.07) is -0.0402. The summed E-state index contributed by atoms with van der Waals surface area (Å²) in [5.74, 6) is 1.29. The summed E-state index contributed by atoms with van der Waals surface area (Å²) in [6.45, 7) is 2.48. The molecule has 0 aromatic carbocycles. The van der Waals surface area contributed by atoms with Gasteiger partial charge < -0.3 is 10.2 Å². The lowest BCUT2D eigenvalue weighted by Crippen LogP contribution is -2.48. The number of hydrogen-bond acceptors (Lipinski definition) is 5. The standard InChI is InChI=1S/C12H24N2O3S2/c1-10(4-6-18-3)14(2)12(15)8-11-9-19(16,17)7-5-13-11/h10-11,13H,4-9H2,1-3H3. The molecule has 0 saturated carbocycles. The van der Waals surface area contributed by atoms with Crippen LogP contribution in [0, 0.1) is 0 Å². The summed E-state index contributed by atoms with van der Waals surface area (Å²) in [6.07, 6.45) is 3.27. The lowest BCUT2D eigenvalue weighted by molar-refractivity contribution is -0.132. The van der Waals surface area contributed by atoms with E-state index in [2.05, 4.69) is 5.32 Å². The third-order valence-corrected chi connectivity index (χ3v) is 5.90. The van der Waals surface area contributed by atoms with Crippen LogP contribution in [0.15, 0.2) is 0 Å². The zero-order chi connectivity index (χ0) is 14.5. The molecule has 0 radical (unpaired) electrons. The Balaban J connectivity index is 2.45. The van der Waals surface area contributed by atoms with Crippen LogP contribution in [0.25, 0.3) is 0 Å². The molecule has 1 N–H and O–H groups in total. The van der Waals surface area contributed by atoms with Crippen molar-refractivity contribution in [2.75, 3.05) is 37.1 Å². The number of nitrogens with zero attached hydrogens (tertiary/aromatic N) is 1. The van der Waals surface area contributed by atoms with Crippen molar-refractivity contribution in [2.24, 2.45) is 0 Å².